The monoisotopic (exact) mass is 784 g/mol. The Bertz CT molecular complexity index is 330. The largest absolute Gasteiger partial charge is 2.00 e. The van der Waals surface area contributed by atoms with Crippen LogP contribution in [-0.2, 0) is 9.59 Å². The third-order valence-electron chi connectivity index (χ3n) is 1.47. The average Bonchev–Trinajstić information content (AvgIpc) is 2.45. The average molecular weight is 785 g/mol. The van der Waals surface area contributed by atoms with Gasteiger partial charge in [-0.1, -0.05) is 31.5 Å². The van der Waals surface area contributed by atoms with Gasteiger partial charge in [-0.05, 0) is 6.92 Å². The number of anilines is 1. The van der Waals surface area contributed by atoms with Crippen molar-refractivity contribution in [1.82, 2.24) is 5.32 Å². The Morgan fingerprint density at radius 1 is 1.12 bits per heavy atom. The van der Waals surface area contributed by atoms with Crippen molar-refractivity contribution in [1.29, 1.82) is 0 Å². The smallest absolute Gasteiger partial charge is 0.490 e. The standard InChI is InChI=1S/C8H8NO.C4H9.C3H6NO.C2H6.CH3.2U/c1-7-2-4-8(5-3-7)9-6-10;1-4(2)3;1-2-4-3-5;1-2;;;/h2-5H,1H3,(H,9,10);1-3H3;3H,1-2H2,(H,4,5);1-2H3;1H3;;/q3*-1;;-1;2*+2. The van der Waals surface area contributed by atoms with Crippen molar-refractivity contribution in [2.75, 3.05) is 11.9 Å². The molecule has 134 valence electrons. The minimum atomic E-state index is 0. The van der Waals surface area contributed by atoms with Gasteiger partial charge in [0.1, 0.15) is 0 Å². The Morgan fingerprint density at radius 3 is 1.71 bits per heavy atom. The van der Waals surface area contributed by atoms with E-state index < -0.39 is 0 Å². The Morgan fingerprint density at radius 2 is 1.50 bits per heavy atom. The van der Waals surface area contributed by atoms with Crippen LogP contribution in [0.4, 0.5) is 5.69 Å². The van der Waals surface area contributed by atoms with Gasteiger partial charge in [-0.25, -0.2) is 0 Å². The summed E-state index contributed by atoms with van der Waals surface area (Å²) in [6.07, 6.45) is 2.22. The van der Waals surface area contributed by atoms with Crippen LogP contribution >= 0.6 is 0 Å². The summed E-state index contributed by atoms with van der Waals surface area (Å²) < 4.78 is 0. The predicted molar refractivity (Wildman–Crippen MR) is 97.9 cm³/mol. The van der Waals surface area contributed by atoms with Gasteiger partial charge in [0.2, 0.25) is 6.41 Å². The molecule has 0 heterocycles. The molecule has 0 aromatic heterocycles. The van der Waals surface area contributed by atoms with Crippen molar-refractivity contribution in [3.63, 3.8) is 0 Å². The molecule has 2 amide bonds. The third kappa shape index (κ3) is 43.2. The number of benzene rings is 1. The first-order chi connectivity index (χ1) is 9.97. The van der Waals surface area contributed by atoms with Crippen LogP contribution in [-0.4, -0.2) is 19.4 Å². The number of hydrogen-bond donors (Lipinski definition) is 2. The van der Waals surface area contributed by atoms with Crippen LogP contribution in [0.25, 0.3) is 0 Å². The second kappa shape index (κ2) is 34.6. The van der Waals surface area contributed by atoms with Crippen molar-refractivity contribution in [2.45, 2.75) is 41.5 Å². The van der Waals surface area contributed by atoms with Crippen LogP contribution in [0.5, 0.6) is 0 Å². The zero-order valence-corrected chi connectivity index (χ0v) is 24.4. The second-order valence-corrected chi connectivity index (χ2v) is 4.17. The van der Waals surface area contributed by atoms with Gasteiger partial charge in [0, 0.05) is 0 Å². The molecular weight excluding hydrogens is 752 g/mol. The van der Waals surface area contributed by atoms with E-state index in [1.54, 1.807) is 6.41 Å². The molecule has 0 atom stereocenters. The van der Waals surface area contributed by atoms with E-state index in [0.717, 1.165) is 5.69 Å². The fourth-order valence-corrected chi connectivity index (χ4v) is 0.755. The van der Waals surface area contributed by atoms with Crippen LogP contribution < -0.4 is 10.6 Å². The molecule has 0 aliphatic carbocycles. The zero-order valence-electron chi connectivity index (χ0n) is 16.1. The van der Waals surface area contributed by atoms with Gasteiger partial charge in [0.25, 0.3) is 0 Å². The molecule has 0 unspecified atom stereocenters. The molecule has 1 rings (SSSR count). The summed E-state index contributed by atoms with van der Waals surface area (Å²) in [6, 6.07) is 7.53. The number of carbonyl (C=O) groups is 1. The summed E-state index contributed by atoms with van der Waals surface area (Å²) in [4.78, 5) is 19.1. The molecule has 0 fully saturated rings. The van der Waals surface area contributed by atoms with Crippen LogP contribution in [0.15, 0.2) is 24.3 Å². The Balaban J connectivity index is -0.0000000504. The quantitative estimate of drug-likeness (QED) is 0.275. The third-order valence-corrected chi connectivity index (χ3v) is 1.47. The summed E-state index contributed by atoms with van der Waals surface area (Å²) in [6.45, 7) is 16.1. The topological polar surface area (TPSA) is 58.2 Å². The van der Waals surface area contributed by atoms with Gasteiger partial charge in [0.05, 0.1) is 6.41 Å². The maximum atomic E-state index is 9.82. The minimum Gasteiger partial charge on any atom is -0.490 e. The van der Waals surface area contributed by atoms with Gasteiger partial charge < -0.3 is 35.7 Å². The van der Waals surface area contributed by atoms with Crippen molar-refractivity contribution >= 4 is 18.5 Å². The summed E-state index contributed by atoms with van der Waals surface area (Å²) in [5.41, 5.74) is 1.96. The molecular formula is C18H32N2O2U2. The van der Waals surface area contributed by atoms with Crippen molar-refractivity contribution < 1.29 is 71.8 Å². The molecule has 4 nitrogen and oxygen atoms in total. The van der Waals surface area contributed by atoms with E-state index >= 15 is 0 Å². The van der Waals surface area contributed by atoms with Crippen LogP contribution in [0.1, 0.15) is 40.2 Å². The molecule has 0 bridgehead atoms. The molecule has 0 spiro atoms. The number of hydrogen-bond acceptors (Lipinski definition) is 2. The van der Waals surface area contributed by atoms with E-state index in [9.17, 15) is 9.59 Å². The minimum absolute atomic E-state index is 0. The van der Waals surface area contributed by atoms with E-state index in [2.05, 4.69) is 38.3 Å². The number of aryl methyl sites for hydroxylation is 1. The maximum absolute atomic E-state index is 9.82. The van der Waals surface area contributed by atoms with E-state index in [1.807, 2.05) is 45.0 Å². The van der Waals surface area contributed by atoms with Crippen molar-refractivity contribution in [3.8, 4) is 0 Å². The Labute approximate surface area is 197 Å². The van der Waals surface area contributed by atoms with Gasteiger partial charge in [-0.3, -0.25) is 4.79 Å². The van der Waals surface area contributed by atoms with Gasteiger partial charge in [-0.2, -0.15) is 20.8 Å². The van der Waals surface area contributed by atoms with Crippen LogP contribution in [0.2, 0.25) is 0 Å². The van der Waals surface area contributed by atoms with Crippen molar-refractivity contribution in [3.05, 3.63) is 50.1 Å². The molecule has 24 heavy (non-hydrogen) atoms. The predicted octanol–water partition coefficient (Wildman–Crippen LogP) is 4.14. The van der Waals surface area contributed by atoms with Gasteiger partial charge in [0.15, 0.2) is 0 Å². The first-order valence-corrected chi connectivity index (χ1v) is 6.90. The fourth-order valence-electron chi connectivity index (χ4n) is 0.755. The van der Waals surface area contributed by atoms with Crippen LogP contribution in [0, 0.1) is 89.4 Å². The Kier molecular flexibility index (Phi) is 56.7. The molecule has 1 aromatic rings. The summed E-state index contributed by atoms with van der Waals surface area (Å²) in [5.74, 6) is 1.42. The summed E-state index contributed by atoms with van der Waals surface area (Å²) in [5, 5.41) is 4.75. The number of amides is 2. The summed E-state index contributed by atoms with van der Waals surface area (Å²) >= 11 is 0. The fraction of sp³-hybridized carbons (Fsp3) is 0.389. The molecule has 0 aliphatic heterocycles. The molecule has 0 saturated carbocycles. The molecule has 0 aliphatic rings. The van der Waals surface area contributed by atoms with Gasteiger partial charge in [-0.15, -0.1) is 24.4 Å². The van der Waals surface area contributed by atoms with Crippen molar-refractivity contribution in [2.24, 2.45) is 0 Å². The Hall–Kier alpha value is 0.264. The second-order valence-electron chi connectivity index (χ2n) is 4.17. The van der Waals surface area contributed by atoms with E-state index in [0.29, 0.717) is 13.0 Å². The molecule has 6 heteroatoms. The number of rotatable bonds is 4. The SMILES string of the molecule is CC.C[C-](C)C.Cc1ccc(N[C-]=O)cc1.[CH2-]CNC=O.[CH3-].[U+2].[U+2]. The normalized spacial score (nSPS) is 6.83. The zero-order chi connectivity index (χ0) is 17.1. The van der Waals surface area contributed by atoms with E-state index in [4.69, 9.17) is 0 Å². The molecule has 0 saturated heterocycles. The number of carbonyl (C=O) groups excluding carboxylic acids is 2. The maximum Gasteiger partial charge on any atom is 2.00 e. The first-order valence-electron chi connectivity index (χ1n) is 6.90. The van der Waals surface area contributed by atoms with Crippen LogP contribution in [0.3, 0.4) is 0 Å². The molecule has 2 N–H and O–H groups in total. The first kappa shape index (κ1) is 39.4. The van der Waals surface area contributed by atoms with Gasteiger partial charge >= 0.3 is 62.2 Å². The molecule has 1 aromatic carbocycles. The van der Waals surface area contributed by atoms with E-state index in [1.165, 1.54) is 11.5 Å². The van der Waals surface area contributed by atoms with E-state index in [-0.39, 0.29) is 69.7 Å². The number of nitrogens with one attached hydrogen (secondary N) is 2. The molecule has 0 radical (unpaired) electrons. The summed E-state index contributed by atoms with van der Waals surface area (Å²) in [7, 11) is 0.